The van der Waals surface area contributed by atoms with Gasteiger partial charge in [0.15, 0.2) is 15.6 Å². The number of aliphatic hydroxyl groups is 2. The minimum absolute atomic E-state index is 0.0370. The number of ketones is 1. The number of nitrogens with one attached hydrogen (secondary N) is 1. The highest BCUT2D eigenvalue weighted by molar-refractivity contribution is 9.10. The molecule has 2 fully saturated rings. The number of carbonyl (C=O) groups is 1. The third-order valence-electron chi connectivity index (χ3n) is 6.86. The van der Waals surface area contributed by atoms with Crippen LogP contribution in [0.3, 0.4) is 0 Å². The molecule has 2 aromatic rings. The fourth-order valence-corrected chi connectivity index (χ4v) is 9.49. The molecule has 0 spiro atoms. The molecule has 44 heavy (non-hydrogen) atoms. The molecular weight excluding hydrogens is 766 g/mol. The zero-order chi connectivity index (χ0) is 33.5. The summed E-state index contributed by atoms with van der Waals surface area (Å²) >= 11 is 6.38. The number of Topliss-reactive ketones (excluding diaryl/α,β-unsaturated/α-hetero) is 1. The van der Waals surface area contributed by atoms with Gasteiger partial charge in [-0.05, 0) is 140 Å². The van der Waals surface area contributed by atoms with Gasteiger partial charge < -0.3 is 15.5 Å². The summed E-state index contributed by atoms with van der Waals surface area (Å²) in [6, 6.07) is 9.65. The van der Waals surface area contributed by atoms with Crippen LogP contribution in [0, 0.1) is 6.92 Å². The van der Waals surface area contributed by atoms with E-state index in [0.717, 1.165) is 44.3 Å². The molecule has 10 nitrogen and oxygen atoms in total. The first-order valence-electron chi connectivity index (χ1n) is 13.9. The van der Waals surface area contributed by atoms with E-state index in [4.69, 9.17) is 25.4 Å². The van der Waals surface area contributed by atoms with Gasteiger partial charge in [-0.3, -0.25) is 4.79 Å². The van der Waals surface area contributed by atoms with E-state index in [1.165, 1.54) is 25.1 Å². The van der Waals surface area contributed by atoms with Gasteiger partial charge in [-0.1, -0.05) is 12.1 Å². The van der Waals surface area contributed by atoms with E-state index in [1.807, 2.05) is 13.0 Å². The van der Waals surface area contributed by atoms with E-state index in [2.05, 4.69) is 37.2 Å². The first-order chi connectivity index (χ1) is 20.5. The zero-order valence-corrected chi connectivity index (χ0v) is 30.0. The highest BCUT2D eigenvalue weighted by Gasteiger charge is 2.31. The van der Waals surface area contributed by atoms with E-state index in [1.54, 1.807) is 12.1 Å². The second-order valence-corrected chi connectivity index (χ2v) is 16.8. The van der Waals surface area contributed by atoms with Crippen LogP contribution in [0.2, 0.25) is 0 Å². The molecule has 1 saturated carbocycles. The number of rotatable bonds is 4. The summed E-state index contributed by atoms with van der Waals surface area (Å²) in [5.74, 6) is -0.209. The van der Waals surface area contributed by atoms with Crippen LogP contribution >= 0.6 is 42.5 Å². The minimum atomic E-state index is -3.82. The fraction of sp³-hybridized carbons (Fsp3) is 0.517. The van der Waals surface area contributed by atoms with Crippen LogP contribution in [-0.4, -0.2) is 69.5 Å². The van der Waals surface area contributed by atoms with Crippen molar-refractivity contribution in [3.8, 4) is 0 Å². The molecule has 1 aliphatic carbocycles. The van der Waals surface area contributed by atoms with Crippen LogP contribution in [0.25, 0.3) is 0 Å². The molecule has 3 unspecified atom stereocenters. The smallest absolute Gasteiger partial charge is 0.373 e. The van der Waals surface area contributed by atoms with Crippen molar-refractivity contribution in [1.82, 2.24) is 5.32 Å². The maximum atomic E-state index is 12.7. The van der Waals surface area contributed by atoms with E-state index >= 15 is 0 Å². The Kier molecular flexibility index (Phi) is 18.3. The summed E-state index contributed by atoms with van der Waals surface area (Å²) in [5, 5.41) is 21.5. The fourth-order valence-electron chi connectivity index (χ4n) is 4.48. The molecule has 3 N–H and O–H groups in total. The lowest BCUT2D eigenvalue weighted by molar-refractivity contribution is -0.191. The first-order valence-corrected chi connectivity index (χ1v) is 19.3. The Morgan fingerprint density at radius 2 is 1.41 bits per heavy atom. The van der Waals surface area contributed by atoms with Gasteiger partial charge in [0.1, 0.15) is 0 Å². The standard InChI is InChI=1S/C14H19BrO3S.C8H6BrClO3S.C6H13NO.CO2/c1-10-5-8-13(15)14(9-10)19(17,18)12-4-2-3-11(16)6-7-12;1-5(11)6-2-3-7(9)8(4-6)14(10,12)13;8-6-2-1-4-7-5-3-6;2-1-3/h5,8-9,11-12,16H,2-4,6-7H2,1H3;2-4H,1H3;6-8H,1-5H2;. The van der Waals surface area contributed by atoms with Gasteiger partial charge in [0, 0.05) is 25.2 Å². The van der Waals surface area contributed by atoms with Crippen LogP contribution in [0.15, 0.2) is 55.1 Å². The van der Waals surface area contributed by atoms with Crippen molar-refractivity contribution in [2.75, 3.05) is 13.1 Å². The third-order valence-corrected chi connectivity index (χ3v) is 12.4. The molecular formula is C29H38Br2ClNO9S2. The van der Waals surface area contributed by atoms with Crippen LogP contribution < -0.4 is 5.32 Å². The Labute approximate surface area is 280 Å². The van der Waals surface area contributed by atoms with Gasteiger partial charge in [-0.15, -0.1) is 0 Å². The predicted octanol–water partition coefficient (Wildman–Crippen LogP) is 5.34. The molecule has 3 atom stereocenters. The van der Waals surface area contributed by atoms with Gasteiger partial charge >= 0.3 is 6.15 Å². The summed E-state index contributed by atoms with van der Waals surface area (Å²) in [6.07, 6.45) is 6.15. The number of aryl methyl sites for hydroxylation is 1. The second kappa shape index (κ2) is 19.9. The van der Waals surface area contributed by atoms with E-state index in [9.17, 15) is 26.7 Å². The van der Waals surface area contributed by atoms with Crippen molar-refractivity contribution >= 4 is 73.4 Å². The van der Waals surface area contributed by atoms with Crippen molar-refractivity contribution in [1.29, 1.82) is 0 Å². The molecule has 0 bridgehead atoms. The van der Waals surface area contributed by atoms with Crippen molar-refractivity contribution in [3.63, 3.8) is 0 Å². The van der Waals surface area contributed by atoms with Gasteiger partial charge in [-0.25, -0.2) is 16.8 Å². The Balaban J connectivity index is 0.000000338. The Bertz CT molecular complexity index is 1470. The van der Waals surface area contributed by atoms with Crippen LogP contribution in [-0.2, 0) is 28.5 Å². The number of hydrogen-bond donors (Lipinski definition) is 3. The van der Waals surface area contributed by atoms with Crippen LogP contribution in [0.1, 0.15) is 74.2 Å². The van der Waals surface area contributed by atoms with Crippen LogP contribution in [0.4, 0.5) is 0 Å². The highest BCUT2D eigenvalue weighted by Crippen LogP contribution is 2.32. The lowest BCUT2D eigenvalue weighted by Gasteiger charge is -2.16. The first kappa shape index (κ1) is 40.5. The molecule has 1 heterocycles. The largest absolute Gasteiger partial charge is 0.393 e. The molecule has 15 heteroatoms. The van der Waals surface area contributed by atoms with Crippen molar-refractivity contribution < 1.29 is 41.4 Å². The Morgan fingerprint density at radius 3 is 2.02 bits per heavy atom. The topological polar surface area (TPSA) is 172 Å². The zero-order valence-electron chi connectivity index (χ0n) is 24.5. The average Bonchev–Trinajstić information content (AvgIpc) is 3.32. The maximum Gasteiger partial charge on any atom is 0.373 e. The Morgan fingerprint density at radius 1 is 0.841 bits per heavy atom. The lowest BCUT2D eigenvalue weighted by Crippen LogP contribution is -2.21. The molecule has 1 aliphatic heterocycles. The summed E-state index contributed by atoms with van der Waals surface area (Å²) in [4.78, 5) is 27.5. The normalized spacial score (nSPS) is 20.4. The molecule has 0 aromatic heterocycles. The maximum absolute atomic E-state index is 12.7. The Hall–Kier alpha value is -1.48. The highest BCUT2D eigenvalue weighted by atomic mass is 79.9. The quantitative estimate of drug-likeness (QED) is 0.208. The SMILES string of the molecule is CC(=O)c1ccc(Br)c(S(=O)(=O)Cl)c1.Cc1ccc(Br)c(S(=O)(=O)C2CCCC(O)CC2)c1.O=C=O.OC1CCCNCC1. The molecule has 1 saturated heterocycles. The second-order valence-electron chi connectivity index (χ2n) is 10.3. The summed E-state index contributed by atoms with van der Waals surface area (Å²) in [5.41, 5.74) is 1.25. The molecule has 0 radical (unpaired) electrons. The van der Waals surface area contributed by atoms with Gasteiger partial charge in [0.25, 0.3) is 9.05 Å². The van der Waals surface area contributed by atoms with Crippen LogP contribution in [0.5, 0.6) is 0 Å². The lowest BCUT2D eigenvalue weighted by atomic mass is 10.2. The molecule has 0 amide bonds. The van der Waals surface area contributed by atoms with Gasteiger partial charge in [0.2, 0.25) is 0 Å². The number of halogens is 3. The van der Waals surface area contributed by atoms with Crippen molar-refractivity contribution in [3.05, 3.63) is 56.5 Å². The molecule has 4 rings (SSSR count). The van der Waals surface area contributed by atoms with E-state index < -0.39 is 18.9 Å². The third kappa shape index (κ3) is 14.3. The minimum Gasteiger partial charge on any atom is -0.393 e. The average molecular weight is 804 g/mol. The number of carbonyl (C=O) groups excluding carboxylic acids is 3. The monoisotopic (exact) mass is 801 g/mol. The predicted molar refractivity (Wildman–Crippen MR) is 174 cm³/mol. The number of benzene rings is 2. The summed E-state index contributed by atoms with van der Waals surface area (Å²) in [7, 11) is -1.96. The number of aliphatic hydroxyl groups excluding tert-OH is 2. The molecule has 2 aromatic carbocycles. The van der Waals surface area contributed by atoms with E-state index in [-0.39, 0.29) is 34.3 Å². The summed E-state index contributed by atoms with van der Waals surface area (Å²) < 4.78 is 48.5. The molecule has 2 aliphatic rings. The molecule has 246 valence electrons. The number of hydrogen-bond acceptors (Lipinski definition) is 10. The number of sulfone groups is 1. The van der Waals surface area contributed by atoms with Crippen molar-refractivity contribution in [2.45, 2.75) is 92.5 Å². The van der Waals surface area contributed by atoms with Gasteiger partial charge in [-0.2, -0.15) is 9.59 Å². The van der Waals surface area contributed by atoms with E-state index in [0.29, 0.717) is 45.1 Å². The summed E-state index contributed by atoms with van der Waals surface area (Å²) in [6.45, 7) is 5.31. The van der Waals surface area contributed by atoms with Crippen molar-refractivity contribution in [2.24, 2.45) is 0 Å². The van der Waals surface area contributed by atoms with Gasteiger partial charge in [0.05, 0.1) is 27.2 Å².